The first-order valence-electron chi connectivity index (χ1n) is 4.99. The van der Waals surface area contributed by atoms with Crippen molar-refractivity contribution in [2.45, 2.75) is 5.92 Å². The van der Waals surface area contributed by atoms with Gasteiger partial charge >= 0.3 is 0 Å². The van der Waals surface area contributed by atoms with E-state index in [-0.39, 0.29) is 5.92 Å². The van der Waals surface area contributed by atoms with Crippen LogP contribution in [0.15, 0.2) is 67.5 Å². The molecule has 0 bridgehead atoms. The molecule has 0 radical (unpaired) electrons. The van der Waals surface area contributed by atoms with Crippen molar-refractivity contribution >= 4 is 0 Å². The zero-order chi connectivity index (χ0) is 10.5. The molecule has 1 aromatic carbocycles. The number of pyridine rings is 1. The van der Waals surface area contributed by atoms with E-state index < -0.39 is 0 Å². The Balaban J connectivity index is 2.38. The number of rotatable bonds is 3. The molecule has 1 heterocycles. The van der Waals surface area contributed by atoms with Gasteiger partial charge in [0.25, 0.3) is 0 Å². The third kappa shape index (κ3) is 2.13. The van der Waals surface area contributed by atoms with Gasteiger partial charge in [-0.2, -0.15) is 0 Å². The van der Waals surface area contributed by atoms with E-state index in [9.17, 15) is 0 Å². The number of aromatic nitrogens is 1. The second-order valence-electron chi connectivity index (χ2n) is 3.41. The second kappa shape index (κ2) is 4.56. The van der Waals surface area contributed by atoms with Crippen molar-refractivity contribution in [2.75, 3.05) is 0 Å². The quantitative estimate of drug-likeness (QED) is 0.684. The fraction of sp³-hybridized carbons (Fsp3) is 0.0714. The highest BCUT2D eigenvalue weighted by atomic mass is 14.6. The molecule has 1 unspecified atom stereocenters. The molecule has 0 N–H and O–H groups in total. The Hall–Kier alpha value is -1.89. The van der Waals surface area contributed by atoms with E-state index in [0.29, 0.717) is 0 Å². The SMILES string of the molecule is C=CC(c1ccccc1)c1cccnc1. The van der Waals surface area contributed by atoms with E-state index in [4.69, 9.17) is 0 Å². The minimum Gasteiger partial charge on any atom is -0.264 e. The lowest BCUT2D eigenvalue weighted by Crippen LogP contribution is -1.97. The first-order valence-corrected chi connectivity index (χ1v) is 4.99. The normalized spacial score (nSPS) is 12.0. The Labute approximate surface area is 90.1 Å². The molecule has 15 heavy (non-hydrogen) atoms. The van der Waals surface area contributed by atoms with Crippen molar-refractivity contribution in [1.29, 1.82) is 0 Å². The van der Waals surface area contributed by atoms with Gasteiger partial charge in [-0.05, 0) is 17.2 Å². The average Bonchev–Trinajstić information content (AvgIpc) is 2.33. The monoisotopic (exact) mass is 195 g/mol. The third-order valence-corrected chi connectivity index (χ3v) is 2.44. The molecule has 1 aromatic heterocycles. The first kappa shape index (κ1) is 9.66. The van der Waals surface area contributed by atoms with Gasteiger partial charge in [0.2, 0.25) is 0 Å². The Bertz CT molecular complexity index is 380. The molecule has 74 valence electrons. The van der Waals surface area contributed by atoms with Gasteiger partial charge in [-0.3, -0.25) is 4.98 Å². The van der Waals surface area contributed by atoms with E-state index in [1.165, 1.54) is 11.1 Å². The lowest BCUT2D eigenvalue weighted by atomic mass is 9.93. The van der Waals surface area contributed by atoms with Crippen molar-refractivity contribution in [3.63, 3.8) is 0 Å². The van der Waals surface area contributed by atoms with Crippen molar-refractivity contribution in [2.24, 2.45) is 0 Å². The lowest BCUT2D eigenvalue weighted by molar-refractivity contribution is 1.01. The largest absolute Gasteiger partial charge is 0.264 e. The predicted octanol–water partition coefficient (Wildman–Crippen LogP) is 3.40. The van der Waals surface area contributed by atoms with E-state index in [1.807, 2.05) is 36.5 Å². The van der Waals surface area contributed by atoms with Gasteiger partial charge in [0.15, 0.2) is 0 Å². The molecule has 0 aliphatic carbocycles. The van der Waals surface area contributed by atoms with Gasteiger partial charge < -0.3 is 0 Å². The highest BCUT2D eigenvalue weighted by Gasteiger charge is 2.08. The summed E-state index contributed by atoms with van der Waals surface area (Å²) in [5.41, 5.74) is 2.43. The molecule has 0 spiro atoms. The van der Waals surface area contributed by atoms with Crippen LogP contribution < -0.4 is 0 Å². The van der Waals surface area contributed by atoms with Crippen LogP contribution in [0.4, 0.5) is 0 Å². The number of nitrogens with zero attached hydrogens (tertiary/aromatic N) is 1. The van der Waals surface area contributed by atoms with Crippen LogP contribution in [0.5, 0.6) is 0 Å². The Morgan fingerprint density at radius 2 is 1.73 bits per heavy atom. The standard InChI is InChI=1S/C14H13N/c1-2-14(12-7-4-3-5-8-12)13-9-6-10-15-11-13/h2-11,14H,1H2. The first-order chi connectivity index (χ1) is 7.42. The maximum atomic E-state index is 4.13. The Morgan fingerprint density at radius 3 is 2.33 bits per heavy atom. The van der Waals surface area contributed by atoms with Crippen LogP contribution in [0.3, 0.4) is 0 Å². The van der Waals surface area contributed by atoms with Crippen molar-refractivity contribution in [3.8, 4) is 0 Å². The number of hydrogen-bond donors (Lipinski definition) is 0. The summed E-state index contributed by atoms with van der Waals surface area (Å²) >= 11 is 0. The summed E-state index contributed by atoms with van der Waals surface area (Å²) < 4.78 is 0. The molecular formula is C14H13N. The van der Waals surface area contributed by atoms with E-state index in [0.717, 1.165) is 0 Å². The maximum absolute atomic E-state index is 4.13. The van der Waals surface area contributed by atoms with E-state index >= 15 is 0 Å². The van der Waals surface area contributed by atoms with Gasteiger partial charge in [0.05, 0.1) is 0 Å². The van der Waals surface area contributed by atoms with Crippen LogP contribution in [0.2, 0.25) is 0 Å². The van der Waals surface area contributed by atoms with Gasteiger partial charge in [-0.1, -0.05) is 42.5 Å². The molecule has 0 amide bonds. The molecule has 0 saturated carbocycles. The number of hydrogen-bond acceptors (Lipinski definition) is 1. The zero-order valence-corrected chi connectivity index (χ0v) is 8.51. The molecular weight excluding hydrogens is 182 g/mol. The summed E-state index contributed by atoms with van der Waals surface area (Å²) in [6, 6.07) is 14.4. The summed E-state index contributed by atoms with van der Waals surface area (Å²) in [5.74, 6) is 0.236. The molecule has 1 nitrogen and oxygen atoms in total. The fourth-order valence-corrected chi connectivity index (χ4v) is 1.68. The van der Waals surface area contributed by atoms with Crippen LogP contribution in [0.25, 0.3) is 0 Å². The smallest absolute Gasteiger partial charge is 0.0309 e. The van der Waals surface area contributed by atoms with Crippen LogP contribution in [-0.2, 0) is 0 Å². The molecule has 0 aliphatic rings. The number of allylic oxidation sites excluding steroid dienone is 1. The van der Waals surface area contributed by atoms with E-state index in [2.05, 4.69) is 29.8 Å². The van der Waals surface area contributed by atoms with E-state index in [1.54, 1.807) is 6.20 Å². The van der Waals surface area contributed by atoms with Crippen LogP contribution in [0.1, 0.15) is 17.0 Å². The highest BCUT2D eigenvalue weighted by molar-refractivity contribution is 5.34. The average molecular weight is 195 g/mol. The molecule has 2 rings (SSSR count). The minimum atomic E-state index is 0.236. The predicted molar refractivity (Wildman–Crippen MR) is 62.7 cm³/mol. The Kier molecular flexibility index (Phi) is 2.93. The lowest BCUT2D eigenvalue weighted by Gasteiger charge is -2.12. The van der Waals surface area contributed by atoms with Crippen LogP contribution >= 0.6 is 0 Å². The summed E-state index contributed by atoms with van der Waals surface area (Å²) in [6.45, 7) is 3.89. The minimum absolute atomic E-state index is 0.236. The summed E-state index contributed by atoms with van der Waals surface area (Å²) in [6.07, 6.45) is 5.63. The molecule has 1 atom stereocenters. The van der Waals surface area contributed by atoms with Crippen LogP contribution in [0, 0.1) is 0 Å². The zero-order valence-electron chi connectivity index (χ0n) is 8.51. The molecule has 0 saturated heterocycles. The second-order valence-corrected chi connectivity index (χ2v) is 3.41. The molecule has 2 aromatic rings. The molecule has 0 aliphatic heterocycles. The fourth-order valence-electron chi connectivity index (χ4n) is 1.68. The Morgan fingerprint density at radius 1 is 1.00 bits per heavy atom. The highest BCUT2D eigenvalue weighted by Crippen LogP contribution is 2.24. The summed E-state index contributed by atoms with van der Waals surface area (Å²) in [5, 5.41) is 0. The van der Waals surface area contributed by atoms with Gasteiger partial charge in [-0.15, -0.1) is 6.58 Å². The van der Waals surface area contributed by atoms with Crippen molar-refractivity contribution in [1.82, 2.24) is 4.98 Å². The maximum Gasteiger partial charge on any atom is 0.0309 e. The van der Waals surface area contributed by atoms with Gasteiger partial charge in [-0.25, -0.2) is 0 Å². The van der Waals surface area contributed by atoms with Crippen molar-refractivity contribution in [3.05, 3.63) is 78.6 Å². The topological polar surface area (TPSA) is 12.9 Å². The summed E-state index contributed by atoms with van der Waals surface area (Å²) in [7, 11) is 0. The summed E-state index contributed by atoms with van der Waals surface area (Å²) in [4.78, 5) is 4.13. The van der Waals surface area contributed by atoms with Gasteiger partial charge in [0, 0.05) is 18.3 Å². The number of benzene rings is 1. The third-order valence-electron chi connectivity index (χ3n) is 2.44. The van der Waals surface area contributed by atoms with Crippen LogP contribution in [-0.4, -0.2) is 4.98 Å². The molecule has 0 fully saturated rings. The van der Waals surface area contributed by atoms with Gasteiger partial charge in [0.1, 0.15) is 0 Å². The molecule has 1 heteroatoms. The van der Waals surface area contributed by atoms with Crippen molar-refractivity contribution < 1.29 is 0 Å².